The minimum Gasteiger partial charge on any atom is -0.420 e. The van der Waals surface area contributed by atoms with Crippen LogP contribution in [-0.2, 0) is 21.1 Å². The van der Waals surface area contributed by atoms with Crippen LogP contribution in [0.1, 0.15) is 5.69 Å². The molecule has 0 amide bonds. The van der Waals surface area contributed by atoms with Crippen LogP contribution in [0.5, 0.6) is 0 Å². The van der Waals surface area contributed by atoms with Gasteiger partial charge in [0, 0.05) is 26.8 Å². The number of anilines is 1. The maximum absolute atomic E-state index is 5.58. The first kappa shape index (κ1) is 10.1. The van der Waals surface area contributed by atoms with Gasteiger partial charge in [0.2, 0.25) is 0 Å². The van der Waals surface area contributed by atoms with E-state index in [1.807, 2.05) is 13.0 Å². The molecule has 4 heteroatoms. The van der Waals surface area contributed by atoms with Crippen LogP contribution in [0, 0.1) is 13.0 Å². The Hall–Kier alpha value is -0.952. The van der Waals surface area contributed by atoms with Crippen molar-refractivity contribution in [3.63, 3.8) is 0 Å². The molecule has 0 aliphatic carbocycles. The van der Waals surface area contributed by atoms with Crippen molar-refractivity contribution >= 4 is 16.6 Å². The summed E-state index contributed by atoms with van der Waals surface area (Å²) < 4.78 is 0. The summed E-state index contributed by atoms with van der Waals surface area (Å²) >= 11 is 0. The van der Waals surface area contributed by atoms with Gasteiger partial charge in [0.25, 0.3) is 0 Å². The van der Waals surface area contributed by atoms with Gasteiger partial charge in [-0.3, -0.25) is 0 Å². The molecule has 2 aromatic rings. The third-order valence-corrected chi connectivity index (χ3v) is 1.79. The van der Waals surface area contributed by atoms with Crippen LogP contribution in [0.2, 0.25) is 0 Å². The molecule has 1 aromatic carbocycles. The van der Waals surface area contributed by atoms with E-state index in [9.17, 15) is 0 Å². The molecule has 0 aliphatic heterocycles. The van der Waals surface area contributed by atoms with Gasteiger partial charge in [0.05, 0.1) is 0 Å². The van der Waals surface area contributed by atoms with Crippen molar-refractivity contribution in [3.05, 3.63) is 30.2 Å². The van der Waals surface area contributed by atoms with E-state index < -0.39 is 0 Å². The van der Waals surface area contributed by atoms with Crippen molar-refractivity contribution in [2.75, 3.05) is 5.73 Å². The summed E-state index contributed by atoms with van der Waals surface area (Å²) in [5.41, 5.74) is 8.04. The second-order valence-electron chi connectivity index (χ2n) is 2.65. The van der Waals surface area contributed by atoms with Crippen molar-refractivity contribution in [2.24, 2.45) is 0 Å². The maximum atomic E-state index is 5.58. The van der Waals surface area contributed by atoms with E-state index in [1.54, 1.807) is 12.4 Å². The van der Waals surface area contributed by atoms with E-state index in [2.05, 4.69) is 16.0 Å². The summed E-state index contributed by atoms with van der Waals surface area (Å²) in [5.74, 6) is 0. The number of aromatic nitrogens is 2. The zero-order chi connectivity index (χ0) is 8.55. The number of hydrogen-bond acceptors (Lipinski definition) is 3. The van der Waals surface area contributed by atoms with Crippen LogP contribution in [0.4, 0.5) is 5.69 Å². The van der Waals surface area contributed by atoms with Gasteiger partial charge < -0.3 is 10.7 Å². The van der Waals surface area contributed by atoms with E-state index in [0.717, 1.165) is 16.6 Å². The minimum absolute atomic E-state index is 0. The number of nitrogens with two attached hydrogens (primary N) is 1. The quantitative estimate of drug-likeness (QED) is 0.580. The Bertz CT molecular complexity index is 428. The smallest absolute Gasteiger partial charge is 0.102 e. The summed E-state index contributed by atoms with van der Waals surface area (Å²) in [5, 5.41) is 0.994. The predicted octanol–water partition coefficient (Wildman–Crippen LogP) is 1.32. The molecule has 0 fully saturated rings. The van der Waals surface area contributed by atoms with Crippen LogP contribution in [0.15, 0.2) is 18.5 Å². The molecule has 2 N–H and O–H groups in total. The molecule has 1 aromatic heterocycles. The van der Waals surface area contributed by atoms with Crippen molar-refractivity contribution in [2.45, 2.75) is 6.92 Å². The van der Waals surface area contributed by atoms with Gasteiger partial charge in [0.15, 0.2) is 0 Å². The molecule has 0 saturated heterocycles. The fourth-order valence-corrected chi connectivity index (χ4v) is 1.14. The zero-order valence-corrected chi connectivity index (χ0v) is 10.0. The molecule has 0 aliphatic rings. The first-order valence-electron chi connectivity index (χ1n) is 3.66. The number of rotatable bonds is 0. The van der Waals surface area contributed by atoms with E-state index in [-0.39, 0.29) is 21.1 Å². The summed E-state index contributed by atoms with van der Waals surface area (Å²) in [6.45, 7) is 1.93. The second-order valence-corrected chi connectivity index (χ2v) is 2.65. The summed E-state index contributed by atoms with van der Waals surface area (Å²) in [7, 11) is 0. The molecule has 66 valence electrons. The van der Waals surface area contributed by atoms with Crippen molar-refractivity contribution in [1.29, 1.82) is 0 Å². The number of nitrogen functional groups attached to an aromatic ring is 1. The average Bonchev–Trinajstić information content (AvgIpc) is 2.07. The van der Waals surface area contributed by atoms with Gasteiger partial charge in [0.1, 0.15) is 6.33 Å². The summed E-state index contributed by atoms with van der Waals surface area (Å²) in [4.78, 5) is 8.15. The van der Waals surface area contributed by atoms with Gasteiger partial charge >= 0.3 is 0 Å². The zero-order valence-electron chi connectivity index (χ0n) is 7.11. The van der Waals surface area contributed by atoms with Crippen LogP contribution < -0.4 is 5.73 Å². The molecule has 0 saturated carbocycles. The Labute approximate surface area is 90.6 Å². The van der Waals surface area contributed by atoms with Crippen molar-refractivity contribution < 1.29 is 21.1 Å². The first-order chi connectivity index (χ1) is 5.77. The SMILES string of the molecule is Cc1ncnc2c[c-]c(N)cc12.[W]. The Kier molecular flexibility index (Phi) is 2.99. The fourth-order valence-electron chi connectivity index (χ4n) is 1.14. The standard InChI is InChI=1S/C9H8N3.W/c1-6-8-4-7(10)2-3-9(8)12-5-11-6;/h3-5H,10H2,1H3;/q-1;. The molecule has 0 spiro atoms. The molecule has 3 nitrogen and oxygen atoms in total. The largest absolute Gasteiger partial charge is 0.420 e. The second kappa shape index (κ2) is 3.84. The predicted molar refractivity (Wildman–Crippen MR) is 47.5 cm³/mol. The van der Waals surface area contributed by atoms with Crippen LogP contribution in [0.3, 0.4) is 0 Å². The fraction of sp³-hybridized carbons (Fsp3) is 0.111. The maximum Gasteiger partial charge on any atom is 0.102 e. The molecule has 1 heterocycles. The van der Waals surface area contributed by atoms with Crippen molar-refractivity contribution in [1.82, 2.24) is 9.97 Å². The molecular weight excluding hydrogens is 334 g/mol. The van der Waals surface area contributed by atoms with E-state index in [4.69, 9.17) is 5.73 Å². The Balaban J connectivity index is 0.000000845. The molecule has 0 radical (unpaired) electrons. The van der Waals surface area contributed by atoms with Crippen LogP contribution in [0.25, 0.3) is 10.9 Å². The topological polar surface area (TPSA) is 51.8 Å². The van der Waals surface area contributed by atoms with Gasteiger partial charge in [-0.25, -0.2) is 4.98 Å². The molecule has 13 heavy (non-hydrogen) atoms. The van der Waals surface area contributed by atoms with Crippen LogP contribution in [-0.4, -0.2) is 9.97 Å². The molecule has 0 unspecified atom stereocenters. The average molecular weight is 342 g/mol. The molecule has 2 rings (SSSR count). The first-order valence-corrected chi connectivity index (χ1v) is 3.66. The van der Waals surface area contributed by atoms with Crippen LogP contribution >= 0.6 is 0 Å². The van der Waals surface area contributed by atoms with Gasteiger partial charge in [-0.15, -0.1) is 12.1 Å². The Morgan fingerprint density at radius 3 is 2.92 bits per heavy atom. The molecule has 0 atom stereocenters. The molecule has 0 bridgehead atoms. The summed E-state index contributed by atoms with van der Waals surface area (Å²) in [6, 6.07) is 6.50. The summed E-state index contributed by atoms with van der Waals surface area (Å²) in [6.07, 6.45) is 1.54. The third kappa shape index (κ3) is 1.86. The monoisotopic (exact) mass is 342 g/mol. The van der Waals surface area contributed by atoms with Gasteiger partial charge in [-0.05, 0) is 12.4 Å². The van der Waals surface area contributed by atoms with Gasteiger partial charge in [-0.1, -0.05) is 11.1 Å². The number of benzene rings is 1. The van der Waals surface area contributed by atoms with E-state index >= 15 is 0 Å². The van der Waals surface area contributed by atoms with Crippen molar-refractivity contribution in [3.8, 4) is 0 Å². The minimum atomic E-state index is 0. The number of hydrogen-bond donors (Lipinski definition) is 1. The number of fused-ring (bicyclic) bond motifs is 1. The number of aryl methyl sites for hydroxylation is 1. The normalized spacial score (nSPS) is 9.62. The third-order valence-electron chi connectivity index (χ3n) is 1.79. The number of nitrogens with zero attached hydrogens (tertiary/aromatic N) is 2. The Morgan fingerprint density at radius 2 is 2.15 bits per heavy atom. The molecular formula is C9H8N3W-. The van der Waals surface area contributed by atoms with E-state index in [1.165, 1.54) is 0 Å². The van der Waals surface area contributed by atoms with E-state index in [0.29, 0.717) is 5.69 Å². The Morgan fingerprint density at radius 1 is 1.38 bits per heavy atom. The van der Waals surface area contributed by atoms with Gasteiger partial charge in [-0.2, -0.15) is 6.07 Å².